The molecule has 0 bridgehead atoms. The molecule has 1 aliphatic rings. The number of nitrogens with zero attached hydrogens (tertiary/aromatic N) is 4. The molecule has 1 aliphatic carbocycles. The van der Waals surface area contributed by atoms with Crippen LogP contribution in [0.3, 0.4) is 0 Å². The van der Waals surface area contributed by atoms with Gasteiger partial charge in [0, 0.05) is 10.8 Å². The van der Waals surface area contributed by atoms with Crippen LogP contribution in [-0.2, 0) is 0 Å². The summed E-state index contributed by atoms with van der Waals surface area (Å²) in [6.07, 6.45) is 2.18. The van der Waals surface area contributed by atoms with Crippen molar-refractivity contribution in [1.29, 1.82) is 0 Å². The Bertz CT molecular complexity index is 1270. The van der Waals surface area contributed by atoms with Gasteiger partial charge in [-0.3, -0.25) is 4.79 Å². The SMILES string of the molecule is Cc1ccc(-c2cc(C(=O)NC(c3nc(C4CC4)no3)C(C)C)c3c(C)noc3n2)s1. The lowest BCUT2D eigenvalue weighted by molar-refractivity contribution is 0.0915. The number of nitrogens with one attached hydrogen (secondary N) is 1. The van der Waals surface area contributed by atoms with Gasteiger partial charge < -0.3 is 14.4 Å². The van der Waals surface area contributed by atoms with E-state index in [4.69, 9.17) is 9.05 Å². The molecule has 4 heterocycles. The Morgan fingerprint density at radius 1 is 1.16 bits per heavy atom. The van der Waals surface area contributed by atoms with Crippen LogP contribution in [0.2, 0.25) is 0 Å². The summed E-state index contributed by atoms with van der Waals surface area (Å²) in [5, 5.41) is 11.8. The molecule has 31 heavy (non-hydrogen) atoms. The maximum Gasteiger partial charge on any atom is 0.259 e. The average Bonchev–Trinajstić information content (AvgIpc) is 3.13. The minimum atomic E-state index is -0.400. The van der Waals surface area contributed by atoms with E-state index in [1.807, 2.05) is 32.9 Å². The Kier molecular flexibility index (Phi) is 4.85. The highest BCUT2D eigenvalue weighted by Gasteiger charge is 2.32. The molecule has 1 atom stereocenters. The third-order valence-electron chi connectivity index (χ3n) is 5.47. The molecule has 1 saturated carbocycles. The first-order chi connectivity index (χ1) is 14.9. The second-order valence-corrected chi connectivity index (χ2v) is 9.66. The summed E-state index contributed by atoms with van der Waals surface area (Å²) in [7, 11) is 0. The lowest BCUT2D eigenvalue weighted by Gasteiger charge is -2.19. The van der Waals surface area contributed by atoms with Crippen LogP contribution in [0.5, 0.6) is 0 Å². The third kappa shape index (κ3) is 3.74. The number of aromatic nitrogens is 4. The zero-order valence-electron chi connectivity index (χ0n) is 17.8. The van der Waals surface area contributed by atoms with Gasteiger partial charge in [-0.15, -0.1) is 11.3 Å². The number of fused-ring (bicyclic) bond motifs is 1. The molecule has 5 rings (SSSR count). The maximum absolute atomic E-state index is 13.4. The summed E-state index contributed by atoms with van der Waals surface area (Å²) in [4.78, 5) is 24.7. The highest BCUT2D eigenvalue weighted by Crippen LogP contribution is 2.39. The molecule has 8 nitrogen and oxygen atoms in total. The summed E-state index contributed by atoms with van der Waals surface area (Å²) < 4.78 is 10.9. The second kappa shape index (κ2) is 7.56. The Hall–Kier alpha value is -3.07. The number of rotatable bonds is 6. The fraction of sp³-hybridized carbons (Fsp3) is 0.409. The van der Waals surface area contributed by atoms with Crippen LogP contribution < -0.4 is 5.32 Å². The van der Waals surface area contributed by atoms with Crippen molar-refractivity contribution in [1.82, 2.24) is 25.6 Å². The summed E-state index contributed by atoms with van der Waals surface area (Å²) in [6, 6.07) is 5.42. The molecular weight excluding hydrogens is 414 g/mol. The molecule has 0 aromatic carbocycles. The third-order valence-corrected chi connectivity index (χ3v) is 6.50. The van der Waals surface area contributed by atoms with Crippen LogP contribution in [0.4, 0.5) is 0 Å². The Morgan fingerprint density at radius 2 is 1.97 bits per heavy atom. The number of hydrogen-bond donors (Lipinski definition) is 1. The molecule has 4 aromatic rings. The minimum Gasteiger partial charge on any atom is -0.340 e. The van der Waals surface area contributed by atoms with E-state index in [2.05, 4.69) is 25.6 Å². The zero-order chi connectivity index (χ0) is 21.7. The number of pyridine rings is 1. The van der Waals surface area contributed by atoms with Gasteiger partial charge in [-0.2, -0.15) is 4.98 Å². The molecule has 0 spiro atoms. The van der Waals surface area contributed by atoms with Crippen molar-refractivity contribution < 1.29 is 13.8 Å². The van der Waals surface area contributed by atoms with E-state index in [0.717, 1.165) is 23.5 Å². The Morgan fingerprint density at radius 3 is 2.65 bits per heavy atom. The summed E-state index contributed by atoms with van der Waals surface area (Å²) in [6.45, 7) is 7.86. The van der Waals surface area contributed by atoms with Crippen molar-refractivity contribution in [2.45, 2.75) is 52.5 Å². The van der Waals surface area contributed by atoms with Gasteiger partial charge in [-0.05, 0) is 50.8 Å². The quantitative estimate of drug-likeness (QED) is 0.454. The van der Waals surface area contributed by atoms with Crippen molar-refractivity contribution >= 4 is 28.3 Å². The molecule has 0 saturated heterocycles. The molecule has 1 amide bonds. The van der Waals surface area contributed by atoms with Gasteiger partial charge in [-0.25, -0.2) is 4.98 Å². The van der Waals surface area contributed by atoms with Crippen LogP contribution >= 0.6 is 11.3 Å². The van der Waals surface area contributed by atoms with E-state index in [1.165, 1.54) is 4.88 Å². The van der Waals surface area contributed by atoms with Crippen molar-refractivity contribution in [3.8, 4) is 10.6 Å². The number of hydrogen-bond acceptors (Lipinski definition) is 8. The Balaban J connectivity index is 1.52. The topological polar surface area (TPSA) is 107 Å². The molecule has 1 fully saturated rings. The normalized spacial score (nSPS) is 15.0. The monoisotopic (exact) mass is 437 g/mol. The van der Waals surface area contributed by atoms with Crippen LogP contribution in [0, 0.1) is 19.8 Å². The summed E-state index contributed by atoms with van der Waals surface area (Å²) in [5.41, 5.74) is 2.12. The van der Waals surface area contributed by atoms with Gasteiger partial charge in [0.25, 0.3) is 11.6 Å². The van der Waals surface area contributed by atoms with E-state index < -0.39 is 6.04 Å². The van der Waals surface area contributed by atoms with Crippen LogP contribution in [0.15, 0.2) is 27.2 Å². The average molecular weight is 438 g/mol. The molecule has 4 aromatic heterocycles. The fourth-order valence-corrected chi connectivity index (χ4v) is 4.41. The standard InChI is InChI=1S/C22H23N5O3S/c1-10(2)18(22-25-19(27-30-22)13-6-7-13)24-20(28)14-9-15(16-8-5-11(3)31-16)23-21-17(14)12(4)26-29-21/h5,8-10,13,18H,6-7H2,1-4H3,(H,24,28). The van der Waals surface area contributed by atoms with Gasteiger partial charge in [0.15, 0.2) is 5.82 Å². The van der Waals surface area contributed by atoms with E-state index >= 15 is 0 Å². The highest BCUT2D eigenvalue weighted by atomic mass is 32.1. The number of carbonyl (C=O) groups is 1. The van der Waals surface area contributed by atoms with Crippen molar-refractivity contribution in [2.24, 2.45) is 5.92 Å². The summed E-state index contributed by atoms with van der Waals surface area (Å²) >= 11 is 1.61. The second-order valence-electron chi connectivity index (χ2n) is 8.37. The van der Waals surface area contributed by atoms with Crippen LogP contribution in [0.25, 0.3) is 21.7 Å². The number of thiophene rings is 1. The summed E-state index contributed by atoms with van der Waals surface area (Å²) in [5.74, 6) is 1.37. The van der Waals surface area contributed by atoms with Gasteiger partial charge in [-0.1, -0.05) is 24.2 Å². The fourth-order valence-electron chi connectivity index (χ4n) is 3.59. The number of carbonyl (C=O) groups excluding carboxylic acids is 1. The van der Waals surface area contributed by atoms with E-state index in [9.17, 15) is 4.79 Å². The lowest BCUT2D eigenvalue weighted by Crippen LogP contribution is -2.32. The number of amides is 1. The van der Waals surface area contributed by atoms with Crippen molar-refractivity contribution in [3.05, 3.63) is 46.0 Å². The predicted molar refractivity (Wildman–Crippen MR) is 116 cm³/mol. The first-order valence-corrected chi connectivity index (χ1v) is 11.2. The predicted octanol–water partition coefficient (Wildman–Crippen LogP) is 4.96. The molecule has 9 heteroatoms. The van der Waals surface area contributed by atoms with E-state index in [1.54, 1.807) is 24.3 Å². The highest BCUT2D eigenvalue weighted by molar-refractivity contribution is 7.15. The van der Waals surface area contributed by atoms with E-state index in [-0.39, 0.29) is 11.8 Å². The van der Waals surface area contributed by atoms with Gasteiger partial charge in [0.1, 0.15) is 6.04 Å². The molecule has 1 N–H and O–H groups in total. The largest absolute Gasteiger partial charge is 0.340 e. The molecule has 160 valence electrons. The lowest BCUT2D eigenvalue weighted by atomic mass is 10.0. The van der Waals surface area contributed by atoms with Crippen LogP contribution in [-0.4, -0.2) is 26.2 Å². The first-order valence-electron chi connectivity index (χ1n) is 10.4. The van der Waals surface area contributed by atoms with E-state index in [0.29, 0.717) is 39.9 Å². The molecule has 0 radical (unpaired) electrons. The van der Waals surface area contributed by atoms with Gasteiger partial charge in [0.2, 0.25) is 5.89 Å². The smallest absolute Gasteiger partial charge is 0.259 e. The Labute approximate surface area is 183 Å². The molecular formula is C22H23N5O3S. The minimum absolute atomic E-state index is 0.0665. The molecule has 0 aliphatic heterocycles. The van der Waals surface area contributed by atoms with Crippen molar-refractivity contribution in [2.75, 3.05) is 0 Å². The maximum atomic E-state index is 13.4. The number of aryl methyl sites for hydroxylation is 2. The van der Waals surface area contributed by atoms with Gasteiger partial charge in [0.05, 0.1) is 27.2 Å². The molecule has 1 unspecified atom stereocenters. The first kappa shape index (κ1) is 19.9. The van der Waals surface area contributed by atoms with Gasteiger partial charge >= 0.3 is 0 Å². The van der Waals surface area contributed by atoms with Crippen LogP contribution in [0.1, 0.15) is 71.3 Å². The van der Waals surface area contributed by atoms with Crippen molar-refractivity contribution in [3.63, 3.8) is 0 Å². The zero-order valence-corrected chi connectivity index (χ0v) is 18.6.